The summed E-state index contributed by atoms with van der Waals surface area (Å²) >= 11 is 6.17. The highest BCUT2D eigenvalue weighted by Crippen LogP contribution is 2.36. The van der Waals surface area contributed by atoms with E-state index in [2.05, 4.69) is 10.1 Å². The lowest BCUT2D eigenvalue weighted by molar-refractivity contribution is 0.415. The molecular weight excluding hydrogens is 369 g/mol. The normalized spacial score (nSPS) is 11.1. The van der Waals surface area contributed by atoms with E-state index in [0.29, 0.717) is 34.2 Å². The third-order valence-electron chi connectivity index (χ3n) is 4.23. The minimum absolute atomic E-state index is 0.252. The van der Waals surface area contributed by atoms with E-state index in [9.17, 15) is 4.39 Å². The van der Waals surface area contributed by atoms with Crippen LogP contribution in [0.25, 0.3) is 28.2 Å². The minimum Gasteiger partial charge on any atom is -0.493 e. The van der Waals surface area contributed by atoms with Crippen molar-refractivity contribution in [1.29, 1.82) is 0 Å². The van der Waals surface area contributed by atoms with E-state index in [4.69, 9.17) is 27.1 Å². The van der Waals surface area contributed by atoms with E-state index in [1.165, 1.54) is 13.2 Å². The fourth-order valence-electron chi connectivity index (χ4n) is 2.96. The number of anilines is 1. The van der Waals surface area contributed by atoms with Crippen LogP contribution in [-0.2, 0) is 0 Å². The first kappa shape index (κ1) is 17.2. The van der Waals surface area contributed by atoms with Crippen molar-refractivity contribution in [2.24, 2.45) is 0 Å². The number of fused-ring (bicyclic) bond motifs is 1. The second kappa shape index (κ2) is 6.51. The van der Waals surface area contributed by atoms with Crippen molar-refractivity contribution in [3.8, 4) is 28.3 Å². The van der Waals surface area contributed by atoms with Gasteiger partial charge in [-0.2, -0.15) is 5.10 Å². The van der Waals surface area contributed by atoms with Crippen molar-refractivity contribution in [1.82, 2.24) is 19.6 Å². The number of imidazole rings is 1. The smallest absolute Gasteiger partial charge is 0.197 e. The Kier molecular flexibility index (Phi) is 4.16. The van der Waals surface area contributed by atoms with Gasteiger partial charge in [0.1, 0.15) is 17.3 Å². The zero-order valence-electron chi connectivity index (χ0n) is 14.6. The molecule has 4 aromatic rings. The number of hydrogen-bond donors (Lipinski definition) is 1. The number of hydrogen-bond acceptors (Lipinski definition) is 5. The molecule has 0 saturated carbocycles. The summed E-state index contributed by atoms with van der Waals surface area (Å²) in [4.78, 5) is 8.74. The largest absolute Gasteiger partial charge is 0.493 e. The summed E-state index contributed by atoms with van der Waals surface area (Å²) in [5.74, 6) is 0.553. The summed E-state index contributed by atoms with van der Waals surface area (Å²) in [5.41, 5.74) is 9.63. The van der Waals surface area contributed by atoms with Crippen LogP contribution in [0.5, 0.6) is 5.75 Å². The second-order valence-corrected chi connectivity index (χ2v) is 6.40. The molecular formula is C19H15ClFN5O. The molecule has 0 aliphatic rings. The second-order valence-electron chi connectivity index (χ2n) is 6.01. The number of nitrogens with two attached hydrogens (primary N) is 1. The molecule has 0 radical (unpaired) electrons. The predicted molar refractivity (Wildman–Crippen MR) is 102 cm³/mol. The van der Waals surface area contributed by atoms with E-state index in [1.807, 2.05) is 0 Å². The van der Waals surface area contributed by atoms with E-state index in [1.54, 1.807) is 48.0 Å². The summed E-state index contributed by atoms with van der Waals surface area (Å²) in [6.45, 7) is 1.70. The van der Waals surface area contributed by atoms with Crippen molar-refractivity contribution >= 4 is 23.1 Å². The molecule has 27 heavy (non-hydrogen) atoms. The first-order valence-electron chi connectivity index (χ1n) is 8.09. The first-order chi connectivity index (χ1) is 13.0. The summed E-state index contributed by atoms with van der Waals surface area (Å²) < 4.78 is 20.8. The molecule has 1 aromatic carbocycles. The molecule has 6 nitrogen and oxygen atoms in total. The van der Waals surface area contributed by atoms with Gasteiger partial charge in [-0.05, 0) is 42.8 Å². The topological polar surface area (TPSA) is 78.3 Å². The van der Waals surface area contributed by atoms with Crippen LogP contribution in [0.3, 0.4) is 0 Å². The quantitative estimate of drug-likeness (QED) is 0.575. The zero-order chi connectivity index (χ0) is 19.1. The third-order valence-corrected chi connectivity index (χ3v) is 4.41. The fraction of sp³-hybridized carbons (Fsp3) is 0.105. The Labute approximate surface area is 159 Å². The molecule has 0 aliphatic heterocycles. The first-order valence-corrected chi connectivity index (χ1v) is 8.47. The zero-order valence-corrected chi connectivity index (χ0v) is 15.3. The molecule has 3 aromatic heterocycles. The summed E-state index contributed by atoms with van der Waals surface area (Å²) in [6.07, 6.45) is 1.60. The van der Waals surface area contributed by atoms with Gasteiger partial charge in [0.25, 0.3) is 0 Å². The fourth-order valence-corrected chi connectivity index (χ4v) is 3.14. The number of benzene rings is 1. The van der Waals surface area contributed by atoms with Crippen molar-refractivity contribution < 1.29 is 9.13 Å². The van der Waals surface area contributed by atoms with E-state index >= 15 is 0 Å². The van der Waals surface area contributed by atoms with Crippen LogP contribution in [0.2, 0.25) is 5.15 Å². The van der Waals surface area contributed by atoms with Gasteiger partial charge in [-0.15, -0.1) is 0 Å². The van der Waals surface area contributed by atoms with Crippen molar-refractivity contribution in [3.05, 3.63) is 59.1 Å². The molecule has 0 bridgehead atoms. The van der Waals surface area contributed by atoms with Crippen LogP contribution >= 0.6 is 11.6 Å². The highest BCUT2D eigenvalue weighted by Gasteiger charge is 2.21. The van der Waals surface area contributed by atoms with E-state index in [-0.39, 0.29) is 11.0 Å². The number of aryl methyl sites for hydroxylation is 1. The predicted octanol–water partition coefficient (Wildman–Crippen LogP) is 4.15. The van der Waals surface area contributed by atoms with E-state index in [0.717, 1.165) is 11.1 Å². The Balaban J connectivity index is 2.11. The van der Waals surface area contributed by atoms with Crippen molar-refractivity contribution in [2.75, 3.05) is 12.8 Å². The third kappa shape index (κ3) is 2.96. The monoisotopic (exact) mass is 383 g/mol. The number of nitrogens with zero attached hydrogens (tertiary/aromatic N) is 4. The number of pyridine rings is 1. The van der Waals surface area contributed by atoms with E-state index < -0.39 is 0 Å². The molecule has 2 N–H and O–H groups in total. The van der Waals surface area contributed by atoms with Gasteiger partial charge >= 0.3 is 0 Å². The van der Waals surface area contributed by atoms with Gasteiger partial charge < -0.3 is 10.5 Å². The molecule has 0 aliphatic carbocycles. The molecule has 0 fully saturated rings. The van der Waals surface area contributed by atoms with Crippen LogP contribution in [0.4, 0.5) is 10.2 Å². The number of nitrogen functional groups attached to an aromatic ring is 1. The van der Waals surface area contributed by atoms with Crippen LogP contribution in [0.1, 0.15) is 5.56 Å². The Morgan fingerprint density at radius 1 is 1.15 bits per heavy atom. The Bertz CT molecular complexity index is 1170. The lowest BCUT2D eigenvalue weighted by Crippen LogP contribution is -1.99. The maximum atomic E-state index is 13.8. The average Bonchev–Trinajstić information content (AvgIpc) is 3.02. The van der Waals surface area contributed by atoms with Gasteiger partial charge in [0.2, 0.25) is 0 Å². The van der Waals surface area contributed by atoms with Gasteiger partial charge in [0, 0.05) is 23.4 Å². The van der Waals surface area contributed by atoms with Gasteiger partial charge in [-0.3, -0.25) is 0 Å². The SMILES string of the molecule is COc1cc(Cl)nn2c(-c3ccnc(N)c3)c(-c3ccc(F)c(C)c3)nc12. The Morgan fingerprint density at radius 3 is 2.67 bits per heavy atom. The standard InChI is InChI=1S/C19H15ClFN5O/c1-10-7-11(3-4-13(10)21)17-18(12-5-6-23-16(22)8-12)26-19(24-17)14(27-2)9-15(20)25-26/h3-9H,1-2H3,(H2,22,23). The molecule has 0 atom stereocenters. The molecule has 0 saturated heterocycles. The van der Waals surface area contributed by atoms with Crippen LogP contribution in [0.15, 0.2) is 42.6 Å². The molecule has 136 valence electrons. The molecule has 3 heterocycles. The van der Waals surface area contributed by atoms with Gasteiger partial charge in [0.05, 0.1) is 12.8 Å². The summed E-state index contributed by atoms with van der Waals surface area (Å²) in [5, 5.41) is 4.63. The average molecular weight is 384 g/mol. The van der Waals surface area contributed by atoms with Gasteiger partial charge in [-0.1, -0.05) is 11.6 Å². The summed E-state index contributed by atoms with van der Waals surface area (Å²) in [6, 6.07) is 9.93. The lowest BCUT2D eigenvalue weighted by atomic mass is 10.0. The Hall–Kier alpha value is -3.19. The molecule has 0 unspecified atom stereocenters. The highest BCUT2D eigenvalue weighted by molar-refractivity contribution is 6.29. The number of aromatic nitrogens is 4. The molecule has 0 spiro atoms. The van der Waals surface area contributed by atoms with Crippen molar-refractivity contribution in [3.63, 3.8) is 0 Å². The summed E-state index contributed by atoms with van der Waals surface area (Å²) in [7, 11) is 1.53. The van der Waals surface area contributed by atoms with Gasteiger partial charge in [-0.25, -0.2) is 18.9 Å². The maximum Gasteiger partial charge on any atom is 0.197 e. The Morgan fingerprint density at radius 2 is 1.96 bits per heavy atom. The molecule has 4 rings (SSSR count). The minimum atomic E-state index is -0.282. The lowest BCUT2D eigenvalue weighted by Gasteiger charge is -2.07. The molecule has 0 amide bonds. The highest BCUT2D eigenvalue weighted by atomic mass is 35.5. The number of halogens is 2. The molecule has 8 heteroatoms. The number of methoxy groups -OCH3 is 1. The maximum absolute atomic E-state index is 13.8. The van der Waals surface area contributed by atoms with Crippen molar-refractivity contribution in [2.45, 2.75) is 6.92 Å². The van der Waals surface area contributed by atoms with Crippen LogP contribution in [0, 0.1) is 12.7 Å². The number of ether oxygens (including phenoxy) is 1. The number of rotatable bonds is 3. The van der Waals surface area contributed by atoms with Crippen LogP contribution in [-0.4, -0.2) is 26.7 Å². The van der Waals surface area contributed by atoms with Gasteiger partial charge in [0.15, 0.2) is 16.5 Å². The van der Waals surface area contributed by atoms with Crippen LogP contribution < -0.4 is 10.5 Å².